The van der Waals surface area contributed by atoms with Crippen molar-refractivity contribution in [2.24, 2.45) is 5.73 Å². The summed E-state index contributed by atoms with van der Waals surface area (Å²) in [5.41, 5.74) is 6.97. The van der Waals surface area contributed by atoms with Crippen LogP contribution in [0.25, 0.3) is 0 Å². The zero-order chi connectivity index (χ0) is 15.4. The molecule has 3 N–H and O–H groups in total. The van der Waals surface area contributed by atoms with Crippen molar-refractivity contribution in [3.63, 3.8) is 0 Å². The highest BCUT2D eigenvalue weighted by molar-refractivity contribution is 7.10. The maximum absolute atomic E-state index is 12.4. The SMILES string of the molecule is CC(c1cccs1)N(C)C(=O)C(N)Cc1ccc(O)cc1. The lowest BCUT2D eigenvalue weighted by Gasteiger charge is -2.27. The number of phenolic OH excluding ortho intramolecular Hbond substituents is 1. The van der Waals surface area contributed by atoms with Crippen LogP contribution in [0.1, 0.15) is 23.4 Å². The number of hydrogen-bond acceptors (Lipinski definition) is 4. The molecule has 2 atom stereocenters. The second-order valence-electron chi connectivity index (χ2n) is 5.12. The van der Waals surface area contributed by atoms with Gasteiger partial charge in [-0.15, -0.1) is 11.3 Å². The van der Waals surface area contributed by atoms with Gasteiger partial charge in [0.25, 0.3) is 0 Å². The van der Waals surface area contributed by atoms with Crippen LogP contribution in [0.5, 0.6) is 5.75 Å². The fourth-order valence-electron chi connectivity index (χ4n) is 2.15. The Morgan fingerprint density at radius 3 is 2.57 bits per heavy atom. The minimum absolute atomic E-state index is 0.0170. The summed E-state index contributed by atoms with van der Waals surface area (Å²) < 4.78 is 0. The Kier molecular flexibility index (Phi) is 4.98. The number of phenols is 1. The molecule has 0 saturated carbocycles. The van der Waals surface area contributed by atoms with Crippen LogP contribution in [-0.2, 0) is 11.2 Å². The third-order valence-electron chi connectivity index (χ3n) is 3.59. The van der Waals surface area contributed by atoms with E-state index in [1.54, 1.807) is 47.5 Å². The lowest BCUT2D eigenvalue weighted by Crippen LogP contribution is -2.43. The summed E-state index contributed by atoms with van der Waals surface area (Å²) in [5.74, 6) is 0.131. The van der Waals surface area contributed by atoms with Crippen LogP contribution in [0, 0.1) is 0 Å². The Hall–Kier alpha value is -1.85. The summed E-state index contributed by atoms with van der Waals surface area (Å²) in [6.45, 7) is 2.00. The van der Waals surface area contributed by atoms with E-state index in [1.807, 2.05) is 24.4 Å². The summed E-state index contributed by atoms with van der Waals surface area (Å²) in [6, 6.07) is 10.2. The molecular weight excluding hydrogens is 284 g/mol. The highest BCUT2D eigenvalue weighted by Gasteiger charge is 2.23. The van der Waals surface area contributed by atoms with Gasteiger partial charge in [0.1, 0.15) is 5.75 Å². The molecule has 0 aliphatic rings. The van der Waals surface area contributed by atoms with E-state index in [0.29, 0.717) is 6.42 Å². The van der Waals surface area contributed by atoms with E-state index < -0.39 is 6.04 Å². The van der Waals surface area contributed by atoms with Gasteiger partial charge in [-0.25, -0.2) is 0 Å². The van der Waals surface area contributed by atoms with Gasteiger partial charge in [0, 0.05) is 11.9 Å². The molecule has 0 bridgehead atoms. The maximum atomic E-state index is 12.4. The number of rotatable bonds is 5. The van der Waals surface area contributed by atoms with Crippen molar-refractivity contribution in [3.05, 3.63) is 52.2 Å². The minimum Gasteiger partial charge on any atom is -0.508 e. The van der Waals surface area contributed by atoms with Gasteiger partial charge in [-0.1, -0.05) is 18.2 Å². The zero-order valence-electron chi connectivity index (χ0n) is 12.2. The molecule has 0 fully saturated rings. The average molecular weight is 304 g/mol. The van der Waals surface area contributed by atoms with Gasteiger partial charge in [-0.3, -0.25) is 4.79 Å². The Morgan fingerprint density at radius 1 is 1.33 bits per heavy atom. The molecule has 1 aromatic carbocycles. The Morgan fingerprint density at radius 2 is 2.00 bits per heavy atom. The smallest absolute Gasteiger partial charge is 0.240 e. The van der Waals surface area contributed by atoms with Crippen LogP contribution in [0.3, 0.4) is 0 Å². The van der Waals surface area contributed by atoms with Gasteiger partial charge < -0.3 is 15.7 Å². The second-order valence-corrected chi connectivity index (χ2v) is 6.10. The normalized spacial score (nSPS) is 13.7. The van der Waals surface area contributed by atoms with Crippen molar-refractivity contribution in [1.82, 2.24) is 4.90 Å². The molecule has 1 aromatic heterocycles. The van der Waals surface area contributed by atoms with E-state index >= 15 is 0 Å². The van der Waals surface area contributed by atoms with Gasteiger partial charge in [-0.05, 0) is 42.5 Å². The molecule has 0 aliphatic heterocycles. The topological polar surface area (TPSA) is 66.6 Å². The standard InChI is InChI=1S/C16H20N2O2S/c1-11(15-4-3-9-21-15)18(2)16(20)14(17)10-12-5-7-13(19)8-6-12/h3-9,11,14,19H,10,17H2,1-2H3. The zero-order valence-corrected chi connectivity index (χ0v) is 13.0. The summed E-state index contributed by atoms with van der Waals surface area (Å²) >= 11 is 1.63. The van der Waals surface area contributed by atoms with E-state index in [2.05, 4.69) is 0 Å². The van der Waals surface area contributed by atoms with E-state index in [0.717, 1.165) is 10.4 Å². The fraction of sp³-hybridized carbons (Fsp3) is 0.312. The first-order chi connectivity index (χ1) is 9.99. The highest BCUT2D eigenvalue weighted by Crippen LogP contribution is 2.24. The molecule has 5 heteroatoms. The summed E-state index contributed by atoms with van der Waals surface area (Å²) in [4.78, 5) is 15.2. The first-order valence-corrected chi connectivity index (χ1v) is 7.70. The van der Waals surface area contributed by atoms with Crippen LogP contribution in [0.4, 0.5) is 0 Å². The van der Waals surface area contributed by atoms with Gasteiger partial charge in [0.2, 0.25) is 5.91 Å². The van der Waals surface area contributed by atoms with Crippen LogP contribution in [-0.4, -0.2) is 29.0 Å². The molecule has 1 heterocycles. The molecule has 21 heavy (non-hydrogen) atoms. The third kappa shape index (κ3) is 3.83. The third-order valence-corrected chi connectivity index (χ3v) is 4.64. The summed E-state index contributed by atoms with van der Waals surface area (Å²) in [6.07, 6.45) is 0.459. The number of carbonyl (C=O) groups excluding carboxylic acids is 1. The lowest BCUT2D eigenvalue weighted by molar-refractivity contribution is -0.133. The molecule has 2 unspecified atom stereocenters. The van der Waals surface area contributed by atoms with Crippen LogP contribution in [0.15, 0.2) is 41.8 Å². The van der Waals surface area contributed by atoms with Crippen LogP contribution < -0.4 is 5.73 Å². The lowest BCUT2D eigenvalue weighted by atomic mass is 10.0. The number of aromatic hydroxyl groups is 1. The van der Waals surface area contributed by atoms with Gasteiger partial charge in [0.15, 0.2) is 0 Å². The summed E-state index contributed by atoms with van der Waals surface area (Å²) in [7, 11) is 1.78. The fourth-order valence-corrected chi connectivity index (χ4v) is 2.97. The number of hydrogen-bond donors (Lipinski definition) is 2. The summed E-state index contributed by atoms with van der Waals surface area (Å²) in [5, 5.41) is 11.3. The van der Waals surface area contributed by atoms with E-state index in [-0.39, 0.29) is 17.7 Å². The molecule has 0 aliphatic carbocycles. The van der Waals surface area contributed by atoms with E-state index in [1.165, 1.54) is 0 Å². The predicted molar refractivity (Wildman–Crippen MR) is 85.3 cm³/mol. The van der Waals surface area contributed by atoms with Crippen LogP contribution in [0.2, 0.25) is 0 Å². The number of thiophene rings is 1. The number of nitrogens with zero attached hydrogens (tertiary/aromatic N) is 1. The Bertz CT molecular complexity index is 581. The molecule has 112 valence electrons. The van der Waals surface area contributed by atoms with E-state index in [4.69, 9.17) is 5.73 Å². The second kappa shape index (κ2) is 6.74. The number of benzene rings is 1. The average Bonchev–Trinajstić information content (AvgIpc) is 3.01. The Balaban J connectivity index is 1.99. The molecule has 0 saturated heterocycles. The number of amides is 1. The van der Waals surface area contributed by atoms with Crippen molar-refractivity contribution >= 4 is 17.2 Å². The maximum Gasteiger partial charge on any atom is 0.240 e. The highest BCUT2D eigenvalue weighted by atomic mass is 32.1. The molecule has 0 spiro atoms. The first-order valence-electron chi connectivity index (χ1n) is 6.82. The Labute approximate surface area is 128 Å². The minimum atomic E-state index is -0.582. The van der Waals surface area contributed by atoms with Gasteiger partial charge in [-0.2, -0.15) is 0 Å². The van der Waals surface area contributed by atoms with Gasteiger partial charge in [0.05, 0.1) is 12.1 Å². The predicted octanol–water partition coefficient (Wildman–Crippen LogP) is 2.54. The molecule has 0 radical (unpaired) electrons. The van der Waals surface area contributed by atoms with Crippen molar-refractivity contribution in [2.75, 3.05) is 7.05 Å². The monoisotopic (exact) mass is 304 g/mol. The number of nitrogens with two attached hydrogens (primary N) is 1. The molecule has 4 nitrogen and oxygen atoms in total. The van der Waals surface area contributed by atoms with Crippen molar-refractivity contribution in [2.45, 2.75) is 25.4 Å². The van der Waals surface area contributed by atoms with E-state index in [9.17, 15) is 9.90 Å². The van der Waals surface area contributed by atoms with Crippen molar-refractivity contribution < 1.29 is 9.90 Å². The number of carbonyl (C=O) groups is 1. The van der Waals surface area contributed by atoms with Crippen molar-refractivity contribution in [3.8, 4) is 5.75 Å². The van der Waals surface area contributed by atoms with Crippen LogP contribution >= 0.6 is 11.3 Å². The van der Waals surface area contributed by atoms with Gasteiger partial charge >= 0.3 is 0 Å². The number of likely N-dealkylation sites (N-methyl/N-ethyl adjacent to an activating group) is 1. The first kappa shape index (κ1) is 15.5. The largest absolute Gasteiger partial charge is 0.508 e. The molecule has 2 aromatic rings. The molecule has 1 amide bonds. The molecule has 2 rings (SSSR count). The quantitative estimate of drug-likeness (QED) is 0.892. The molecular formula is C16H20N2O2S. The van der Waals surface area contributed by atoms with Crippen molar-refractivity contribution in [1.29, 1.82) is 0 Å².